The molecule has 1 aromatic carbocycles. The van der Waals surface area contributed by atoms with Gasteiger partial charge in [-0.25, -0.2) is 4.39 Å². The van der Waals surface area contributed by atoms with Gasteiger partial charge in [0.05, 0.1) is 0 Å². The van der Waals surface area contributed by atoms with Crippen molar-refractivity contribution in [3.05, 3.63) is 24.3 Å². The summed E-state index contributed by atoms with van der Waals surface area (Å²) < 4.78 is 17.1. The maximum absolute atomic E-state index is 11.9. The molecule has 1 aliphatic rings. The van der Waals surface area contributed by atoms with Crippen LogP contribution in [0.5, 0.6) is 5.75 Å². The normalized spacial score (nSPS) is 15.8. The number of ether oxygens (including phenoxy) is 1. The molecule has 1 N–H and O–H groups in total. The lowest BCUT2D eigenvalue weighted by Gasteiger charge is -2.27. The Hall–Kier alpha value is -1.25. The van der Waals surface area contributed by atoms with Crippen LogP contribution in [0.4, 0.5) is 10.1 Å². The molecular formula is C12H16FNO. The van der Waals surface area contributed by atoms with Crippen LogP contribution >= 0.6 is 0 Å². The highest BCUT2D eigenvalue weighted by Crippen LogP contribution is 2.25. The van der Waals surface area contributed by atoms with Gasteiger partial charge < -0.3 is 10.1 Å². The van der Waals surface area contributed by atoms with Crippen LogP contribution in [0, 0.1) is 0 Å². The molecule has 0 radical (unpaired) electrons. The van der Waals surface area contributed by atoms with Crippen LogP contribution in [0.3, 0.4) is 0 Å². The maximum Gasteiger partial charge on any atom is 0.123 e. The number of anilines is 1. The summed E-state index contributed by atoms with van der Waals surface area (Å²) in [7, 11) is 0. The fraction of sp³-hybridized carbons (Fsp3) is 0.500. The zero-order valence-electron chi connectivity index (χ0n) is 8.71. The van der Waals surface area contributed by atoms with Crippen molar-refractivity contribution in [3.63, 3.8) is 0 Å². The van der Waals surface area contributed by atoms with E-state index < -0.39 is 6.67 Å². The Labute approximate surface area is 89.4 Å². The molecule has 0 atom stereocenters. The van der Waals surface area contributed by atoms with E-state index in [1.165, 1.54) is 19.3 Å². The van der Waals surface area contributed by atoms with Crippen molar-refractivity contribution in [2.24, 2.45) is 0 Å². The highest BCUT2D eigenvalue weighted by atomic mass is 19.1. The number of nitrogens with one attached hydrogen (secondary N) is 1. The van der Waals surface area contributed by atoms with Crippen LogP contribution < -0.4 is 10.1 Å². The first-order valence-corrected chi connectivity index (χ1v) is 5.44. The van der Waals surface area contributed by atoms with E-state index in [2.05, 4.69) is 5.32 Å². The van der Waals surface area contributed by atoms with Gasteiger partial charge in [0.15, 0.2) is 0 Å². The number of alkyl halides is 1. The first-order chi connectivity index (χ1) is 7.38. The standard InChI is InChI=1S/C12H16FNO/c13-7-8-15-12-6-2-5-11(9-12)14-10-3-1-4-10/h2,5-6,9-10,14H,1,3-4,7-8H2. The van der Waals surface area contributed by atoms with Gasteiger partial charge in [-0.05, 0) is 31.4 Å². The number of hydrogen-bond donors (Lipinski definition) is 1. The highest BCUT2D eigenvalue weighted by Gasteiger charge is 2.16. The molecule has 82 valence electrons. The lowest BCUT2D eigenvalue weighted by Crippen LogP contribution is -2.26. The summed E-state index contributed by atoms with van der Waals surface area (Å²) in [5.74, 6) is 0.733. The number of benzene rings is 1. The topological polar surface area (TPSA) is 21.3 Å². The lowest BCUT2D eigenvalue weighted by atomic mass is 9.93. The van der Waals surface area contributed by atoms with Crippen LogP contribution in [0.25, 0.3) is 0 Å². The number of hydrogen-bond acceptors (Lipinski definition) is 2. The van der Waals surface area contributed by atoms with Crippen LogP contribution in [0.15, 0.2) is 24.3 Å². The molecule has 0 aromatic heterocycles. The number of rotatable bonds is 5. The van der Waals surface area contributed by atoms with Gasteiger partial charge in [-0.2, -0.15) is 0 Å². The fourth-order valence-corrected chi connectivity index (χ4v) is 1.62. The molecule has 1 aromatic rings. The van der Waals surface area contributed by atoms with Gasteiger partial charge >= 0.3 is 0 Å². The van der Waals surface area contributed by atoms with Crippen molar-refractivity contribution < 1.29 is 9.13 Å². The summed E-state index contributed by atoms with van der Waals surface area (Å²) in [5.41, 5.74) is 1.07. The first kappa shape index (κ1) is 10.3. The number of halogens is 1. The molecule has 2 nitrogen and oxygen atoms in total. The molecule has 0 amide bonds. The predicted octanol–water partition coefficient (Wildman–Crippen LogP) is 3.00. The minimum Gasteiger partial charge on any atom is -0.491 e. The van der Waals surface area contributed by atoms with Crippen LogP contribution in [0.1, 0.15) is 19.3 Å². The third-order valence-electron chi connectivity index (χ3n) is 2.66. The average Bonchev–Trinajstić information content (AvgIpc) is 2.21. The van der Waals surface area contributed by atoms with Gasteiger partial charge in [0.25, 0.3) is 0 Å². The van der Waals surface area contributed by atoms with Crippen molar-refractivity contribution >= 4 is 5.69 Å². The quantitative estimate of drug-likeness (QED) is 0.804. The van der Waals surface area contributed by atoms with Gasteiger partial charge in [-0.15, -0.1) is 0 Å². The minimum absolute atomic E-state index is 0.132. The second-order valence-corrected chi connectivity index (χ2v) is 3.84. The Bertz CT molecular complexity index is 312. The first-order valence-electron chi connectivity index (χ1n) is 5.44. The van der Waals surface area contributed by atoms with Gasteiger partial charge in [-0.1, -0.05) is 6.07 Å². The summed E-state index contributed by atoms with van der Waals surface area (Å²) >= 11 is 0. The maximum atomic E-state index is 11.9. The Morgan fingerprint density at radius 3 is 2.93 bits per heavy atom. The SMILES string of the molecule is FCCOc1cccc(NC2CCC2)c1. The van der Waals surface area contributed by atoms with Crippen LogP contribution in [-0.4, -0.2) is 19.3 Å². The Kier molecular flexibility index (Phi) is 3.43. The molecule has 0 spiro atoms. The fourth-order valence-electron chi connectivity index (χ4n) is 1.62. The average molecular weight is 209 g/mol. The summed E-state index contributed by atoms with van der Waals surface area (Å²) in [4.78, 5) is 0. The molecule has 0 bridgehead atoms. The predicted molar refractivity (Wildman–Crippen MR) is 59.2 cm³/mol. The van der Waals surface area contributed by atoms with E-state index in [4.69, 9.17) is 4.74 Å². The van der Waals surface area contributed by atoms with E-state index >= 15 is 0 Å². The Morgan fingerprint density at radius 2 is 2.27 bits per heavy atom. The van der Waals surface area contributed by atoms with E-state index in [0.29, 0.717) is 6.04 Å². The zero-order valence-corrected chi connectivity index (χ0v) is 8.71. The molecule has 0 unspecified atom stereocenters. The molecule has 0 aliphatic heterocycles. The molecule has 1 fully saturated rings. The van der Waals surface area contributed by atoms with E-state index in [-0.39, 0.29) is 6.61 Å². The monoisotopic (exact) mass is 209 g/mol. The van der Waals surface area contributed by atoms with Gasteiger partial charge in [0.2, 0.25) is 0 Å². The summed E-state index contributed by atoms with van der Waals surface area (Å²) in [6, 6.07) is 8.33. The molecule has 1 aliphatic carbocycles. The molecular weight excluding hydrogens is 193 g/mol. The summed E-state index contributed by atoms with van der Waals surface area (Å²) in [6.07, 6.45) is 3.81. The van der Waals surface area contributed by atoms with Crippen LogP contribution in [-0.2, 0) is 0 Å². The van der Waals surface area contributed by atoms with Crippen molar-refractivity contribution in [3.8, 4) is 5.75 Å². The van der Waals surface area contributed by atoms with E-state index in [0.717, 1.165) is 11.4 Å². The molecule has 1 saturated carbocycles. The Balaban J connectivity index is 1.92. The van der Waals surface area contributed by atoms with Gasteiger partial charge in [0.1, 0.15) is 19.0 Å². The largest absolute Gasteiger partial charge is 0.491 e. The highest BCUT2D eigenvalue weighted by molar-refractivity contribution is 5.49. The van der Waals surface area contributed by atoms with E-state index in [1.807, 2.05) is 24.3 Å². The second-order valence-electron chi connectivity index (χ2n) is 3.84. The molecule has 15 heavy (non-hydrogen) atoms. The van der Waals surface area contributed by atoms with E-state index in [9.17, 15) is 4.39 Å². The summed E-state index contributed by atoms with van der Waals surface area (Å²) in [5, 5.41) is 3.42. The third-order valence-corrected chi connectivity index (χ3v) is 2.66. The van der Waals surface area contributed by atoms with Gasteiger partial charge in [-0.3, -0.25) is 0 Å². The summed E-state index contributed by atoms with van der Waals surface area (Å²) in [6.45, 7) is -0.312. The van der Waals surface area contributed by atoms with Gasteiger partial charge in [0, 0.05) is 17.8 Å². The molecule has 0 heterocycles. The lowest BCUT2D eigenvalue weighted by molar-refractivity contribution is 0.273. The third kappa shape index (κ3) is 2.85. The van der Waals surface area contributed by atoms with Crippen LogP contribution in [0.2, 0.25) is 0 Å². The molecule has 3 heteroatoms. The van der Waals surface area contributed by atoms with Crippen molar-refractivity contribution in [1.29, 1.82) is 0 Å². The zero-order chi connectivity index (χ0) is 10.5. The Morgan fingerprint density at radius 1 is 1.40 bits per heavy atom. The van der Waals surface area contributed by atoms with Crippen molar-refractivity contribution in [1.82, 2.24) is 0 Å². The molecule has 0 saturated heterocycles. The minimum atomic E-state index is -0.444. The second kappa shape index (κ2) is 5.01. The smallest absolute Gasteiger partial charge is 0.123 e. The molecule has 2 rings (SSSR count). The van der Waals surface area contributed by atoms with Crippen molar-refractivity contribution in [2.75, 3.05) is 18.6 Å². The van der Waals surface area contributed by atoms with E-state index in [1.54, 1.807) is 0 Å². The van der Waals surface area contributed by atoms with Crippen molar-refractivity contribution in [2.45, 2.75) is 25.3 Å².